The summed E-state index contributed by atoms with van der Waals surface area (Å²) in [7, 11) is -2.99. The average Bonchev–Trinajstić information content (AvgIpc) is 2.71. The Balaban J connectivity index is 2.18. The van der Waals surface area contributed by atoms with Crippen LogP contribution in [0, 0.1) is 0 Å². The first-order chi connectivity index (χ1) is 8.93. The van der Waals surface area contributed by atoms with E-state index in [0.29, 0.717) is 23.6 Å². The molecule has 1 aromatic rings. The monoisotopic (exact) mass is 301 g/mol. The molecule has 0 bridgehead atoms. The molecule has 6 heteroatoms. The first-order valence-electron chi connectivity index (χ1n) is 6.20. The Kier molecular flexibility index (Phi) is 4.16. The van der Waals surface area contributed by atoms with E-state index in [1.54, 1.807) is 29.2 Å². The van der Waals surface area contributed by atoms with Gasteiger partial charge in [0.25, 0.3) is 5.91 Å². The summed E-state index contributed by atoms with van der Waals surface area (Å²) in [6.07, 6.45) is 0.523. The molecule has 19 heavy (non-hydrogen) atoms. The second kappa shape index (κ2) is 5.51. The summed E-state index contributed by atoms with van der Waals surface area (Å²) < 4.78 is 23.0. The largest absolute Gasteiger partial charge is 0.335 e. The van der Waals surface area contributed by atoms with Crippen molar-refractivity contribution in [3.63, 3.8) is 0 Å². The highest BCUT2D eigenvalue weighted by Gasteiger charge is 2.34. The Labute approximate surface area is 118 Å². The highest BCUT2D eigenvalue weighted by atomic mass is 35.5. The third-order valence-corrected chi connectivity index (χ3v) is 5.34. The van der Waals surface area contributed by atoms with Gasteiger partial charge in [-0.1, -0.05) is 11.6 Å². The van der Waals surface area contributed by atoms with Crippen molar-refractivity contribution in [1.82, 2.24) is 4.90 Å². The normalized spacial score (nSPS) is 21.3. The van der Waals surface area contributed by atoms with Crippen LogP contribution in [0.15, 0.2) is 24.3 Å². The van der Waals surface area contributed by atoms with E-state index in [1.165, 1.54) is 0 Å². The molecule has 0 spiro atoms. The molecule has 1 saturated heterocycles. The number of carbonyl (C=O) groups excluding carboxylic acids is 1. The van der Waals surface area contributed by atoms with E-state index in [4.69, 9.17) is 11.6 Å². The van der Waals surface area contributed by atoms with Crippen LogP contribution in [0.3, 0.4) is 0 Å². The molecular formula is C13H16ClNO3S. The van der Waals surface area contributed by atoms with Gasteiger partial charge in [-0.15, -0.1) is 0 Å². The molecule has 0 radical (unpaired) electrons. The van der Waals surface area contributed by atoms with Gasteiger partial charge in [0, 0.05) is 23.2 Å². The van der Waals surface area contributed by atoms with Crippen LogP contribution in [0.25, 0.3) is 0 Å². The molecule has 1 atom stereocenters. The summed E-state index contributed by atoms with van der Waals surface area (Å²) in [5.41, 5.74) is 0.538. The molecule has 0 N–H and O–H groups in total. The Hall–Kier alpha value is -1.07. The van der Waals surface area contributed by atoms with Crippen molar-refractivity contribution in [2.24, 2.45) is 0 Å². The van der Waals surface area contributed by atoms with Crippen LogP contribution in [0.4, 0.5) is 0 Å². The second-order valence-electron chi connectivity index (χ2n) is 4.65. The third kappa shape index (κ3) is 3.28. The highest BCUT2D eigenvalue weighted by molar-refractivity contribution is 7.91. The van der Waals surface area contributed by atoms with Crippen molar-refractivity contribution in [3.05, 3.63) is 34.9 Å². The van der Waals surface area contributed by atoms with E-state index in [9.17, 15) is 13.2 Å². The number of nitrogens with zero attached hydrogens (tertiary/aromatic N) is 1. The van der Waals surface area contributed by atoms with Crippen LogP contribution in [-0.2, 0) is 9.84 Å². The summed E-state index contributed by atoms with van der Waals surface area (Å²) in [5.74, 6) is 0.101. The van der Waals surface area contributed by atoms with Crippen molar-refractivity contribution in [2.45, 2.75) is 19.4 Å². The summed E-state index contributed by atoms with van der Waals surface area (Å²) in [6.45, 7) is 2.36. The molecule has 1 aliphatic rings. The Morgan fingerprint density at radius 3 is 2.47 bits per heavy atom. The lowest BCUT2D eigenvalue weighted by molar-refractivity contribution is 0.0708. The van der Waals surface area contributed by atoms with E-state index < -0.39 is 9.84 Å². The summed E-state index contributed by atoms with van der Waals surface area (Å²) >= 11 is 5.79. The van der Waals surface area contributed by atoms with Gasteiger partial charge in [0.05, 0.1) is 11.5 Å². The summed E-state index contributed by atoms with van der Waals surface area (Å²) in [5, 5.41) is 0.572. The van der Waals surface area contributed by atoms with Gasteiger partial charge < -0.3 is 4.90 Å². The molecule has 4 nitrogen and oxygen atoms in total. The maximum atomic E-state index is 12.4. The minimum absolute atomic E-state index is 0.0696. The number of halogens is 1. The van der Waals surface area contributed by atoms with Crippen molar-refractivity contribution in [3.8, 4) is 0 Å². The van der Waals surface area contributed by atoms with Crippen molar-refractivity contribution >= 4 is 27.3 Å². The van der Waals surface area contributed by atoms with E-state index in [2.05, 4.69) is 0 Å². The molecule has 1 heterocycles. The van der Waals surface area contributed by atoms with Crippen LogP contribution >= 0.6 is 11.6 Å². The fraction of sp³-hybridized carbons (Fsp3) is 0.462. The maximum Gasteiger partial charge on any atom is 0.254 e. The number of rotatable bonds is 3. The molecule has 1 fully saturated rings. The van der Waals surface area contributed by atoms with Crippen LogP contribution in [0.2, 0.25) is 5.02 Å². The average molecular weight is 302 g/mol. The van der Waals surface area contributed by atoms with Gasteiger partial charge in [-0.3, -0.25) is 4.79 Å². The quantitative estimate of drug-likeness (QED) is 0.858. The Morgan fingerprint density at radius 2 is 2.00 bits per heavy atom. The van der Waals surface area contributed by atoms with Gasteiger partial charge in [0.2, 0.25) is 0 Å². The third-order valence-electron chi connectivity index (χ3n) is 3.34. The fourth-order valence-corrected chi connectivity index (χ4v) is 4.20. The zero-order valence-electron chi connectivity index (χ0n) is 10.7. The number of amides is 1. The topological polar surface area (TPSA) is 54.5 Å². The molecule has 0 aromatic heterocycles. The Morgan fingerprint density at radius 1 is 1.37 bits per heavy atom. The first kappa shape index (κ1) is 14.3. The standard InChI is InChI=1S/C13H16ClNO3S/c1-2-15(12-7-8-19(17,18)9-12)13(16)10-3-5-11(14)6-4-10/h3-6,12H,2,7-9H2,1H3. The molecule has 2 rings (SSSR count). The van der Waals surface area contributed by atoms with E-state index in [-0.39, 0.29) is 23.5 Å². The molecule has 1 amide bonds. The smallest absolute Gasteiger partial charge is 0.254 e. The number of hydrogen-bond acceptors (Lipinski definition) is 3. The van der Waals surface area contributed by atoms with Crippen LogP contribution in [-0.4, -0.2) is 43.3 Å². The number of carbonyl (C=O) groups is 1. The van der Waals surface area contributed by atoms with Crippen LogP contribution in [0.5, 0.6) is 0 Å². The van der Waals surface area contributed by atoms with E-state index in [0.717, 1.165) is 0 Å². The zero-order chi connectivity index (χ0) is 14.0. The number of sulfone groups is 1. The van der Waals surface area contributed by atoms with Gasteiger partial charge >= 0.3 is 0 Å². The zero-order valence-corrected chi connectivity index (χ0v) is 12.2. The molecule has 1 aliphatic heterocycles. The minimum atomic E-state index is -2.99. The maximum absolute atomic E-state index is 12.4. The van der Waals surface area contributed by atoms with Crippen molar-refractivity contribution < 1.29 is 13.2 Å². The SMILES string of the molecule is CCN(C(=O)c1ccc(Cl)cc1)C1CCS(=O)(=O)C1. The van der Waals surface area contributed by atoms with E-state index in [1.807, 2.05) is 6.92 Å². The fourth-order valence-electron chi connectivity index (χ4n) is 2.35. The van der Waals surface area contributed by atoms with Gasteiger partial charge in [-0.2, -0.15) is 0 Å². The van der Waals surface area contributed by atoms with Crippen molar-refractivity contribution in [2.75, 3.05) is 18.1 Å². The van der Waals surface area contributed by atoms with Gasteiger partial charge in [-0.05, 0) is 37.6 Å². The minimum Gasteiger partial charge on any atom is -0.335 e. The molecular weight excluding hydrogens is 286 g/mol. The highest BCUT2D eigenvalue weighted by Crippen LogP contribution is 2.20. The molecule has 0 saturated carbocycles. The summed E-state index contributed by atoms with van der Waals surface area (Å²) in [4.78, 5) is 14.0. The van der Waals surface area contributed by atoms with Crippen LogP contribution < -0.4 is 0 Å². The van der Waals surface area contributed by atoms with Gasteiger partial charge in [0.15, 0.2) is 9.84 Å². The molecule has 1 unspecified atom stereocenters. The van der Waals surface area contributed by atoms with Crippen LogP contribution in [0.1, 0.15) is 23.7 Å². The van der Waals surface area contributed by atoms with Crippen molar-refractivity contribution in [1.29, 1.82) is 0 Å². The molecule has 0 aliphatic carbocycles. The number of benzene rings is 1. The second-order valence-corrected chi connectivity index (χ2v) is 7.32. The van der Waals surface area contributed by atoms with Gasteiger partial charge in [-0.25, -0.2) is 8.42 Å². The Bertz CT molecular complexity index is 568. The number of hydrogen-bond donors (Lipinski definition) is 0. The lowest BCUT2D eigenvalue weighted by atomic mass is 10.1. The van der Waals surface area contributed by atoms with Gasteiger partial charge in [0.1, 0.15) is 0 Å². The predicted octanol–water partition coefficient (Wildman–Crippen LogP) is 1.99. The predicted molar refractivity (Wildman–Crippen MR) is 75.2 cm³/mol. The molecule has 104 valence electrons. The molecule has 1 aromatic carbocycles. The first-order valence-corrected chi connectivity index (χ1v) is 8.40. The lowest BCUT2D eigenvalue weighted by Crippen LogP contribution is -2.40. The van der Waals surface area contributed by atoms with E-state index >= 15 is 0 Å². The summed E-state index contributed by atoms with van der Waals surface area (Å²) in [6, 6.07) is 6.44. The lowest BCUT2D eigenvalue weighted by Gasteiger charge is -2.26.